The van der Waals surface area contributed by atoms with Gasteiger partial charge in [0.1, 0.15) is 0 Å². The second-order valence-corrected chi connectivity index (χ2v) is 12.5. The second-order valence-electron chi connectivity index (χ2n) is 12.5. The molecule has 3 heterocycles. The summed E-state index contributed by atoms with van der Waals surface area (Å²) in [4.78, 5) is 13.2. The molecule has 55 heavy (non-hydrogen) atoms. The third-order valence-electron chi connectivity index (χ3n) is 8.79. The molecule has 267 valence electrons. The Bertz CT molecular complexity index is 2010. The summed E-state index contributed by atoms with van der Waals surface area (Å²) in [5.74, 6) is 0. The Labute approximate surface area is 337 Å². The summed E-state index contributed by atoms with van der Waals surface area (Å²) in [7, 11) is 0. The van der Waals surface area contributed by atoms with Crippen molar-refractivity contribution < 1.29 is 20.1 Å². The van der Waals surface area contributed by atoms with Crippen molar-refractivity contribution >= 4 is 0 Å². The van der Waals surface area contributed by atoms with Gasteiger partial charge in [0.15, 0.2) is 0 Å². The molecule has 0 amide bonds. The molecule has 0 aliphatic rings. The van der Waals surface area contributed by atoms with Crippen LogP contribution >= 0.6 is 0 Å². The molecule has 3 aromatic heterocycles. The van der Waals surface area contributed by atoms with E-state index in [1.807, 2.05) is 91.4 Å². The van der Waals surface area contributed by atoms with Gasteiger partial charge in [0.25, 0.3) is 0 Å². The average molecular weight is 886 g/mol. The molecule has 0 saturated heterocycles. The van der Waals surface area contributed by atoms with Crippen molar-refractivity contribution in [3.8, 4) is 67.2 Å². The van der Waals surface area contributed by atoms with Gasteiger partial charge in [0.2, 0.25) is 0 Å². The van der Waals surface area contributed by atoms with Crippen LogP contribution < -0.4 is 0 Å². The van der Waals surface area contributed by atoms with Gasteiger partial charge < -0.3 is 0 Å². The number of hydrogen-bond donors (Lipinski definition) is 0. The van der Waals surface area contributed by atoms with Crippen LogP contribution in [0, 0.1) is 0 Å². The monoisotopic (exact) mass is 886 g/mol. The van der Waals surface area contributed by atoms with Crippen molar-refractivity contribution in [3.05, 3.63) is 237 Å². The predicted octanol–water partition coefficient (Wildman–Crippen LogP) is 13.2. The van der Waals surface area contributed by atoms with E-state index in [1.165, 1.54) is 33.4 Å². The van der Waals surface area contributed by atoms with E-state index in [4.69, 9.17) is 0 Å². The molecule has 0 spiro atoms. The number of aromatic nitrogens is 3. The molecule has 0 bridgehead atoms. The quantitative estimate of drug-likeness (QED) is 0.167. The molecule has 6 aromatic carbocycles. The smallest absolute Gasteiger partial charge is 0.0702 e. The van der Waals surface area contributed by atoms with Crippen LogP contribution in [0.2, 0.25) is 0 Å². The van der Waals surface area contributed by atoms with Crippen LogP contribution in [-0.2, 0) is 20.1 Å². The summed E-state index contributed by atoms with van der Waals surface area (Å²) in [5, 5.41) is 0. The van der Waals surface area contributed by atoms with Crippen molar-refractivity contribution in [2.45, 2.75) is 0 Å². The summed E-state index contributed by atoms with van der Waals surface area (Å²) in [6, 6.07) is 74.5. The van der Waals surface area contributed by atoms with E-state index in [2.05, 4.69) is 161 Å². The van der Waals surface area contributed by atoms with Crippen LogP contribution in [0.15, 0.2) is 237 Å². The largest absolute Gasteiger partial charge is 0.256 e. The zero-order valence-electron chi connectivity index (χ0n) is 30.2. The van der Waals surface area contributed by atoms with Crippen molar-refractivity contribution in [2.24, 2.45) is 0 Å². The van der Waals surface area contributed by atoms with E-state index in [-0.39, 0.29) is 20.1 Å². The Morgan fingerprint density at radius 1 is 0.200 bits per heavy atom. The summed E-state index contributed by atoms with van der Waals surface area (Å²) in [6.45, 7) is 0. The van der Waals surface area contributed by atoms with Crippen LogP contribution in [-0.4, -0.2) is 15.0 Å². The third kappa shape index (κ3) is 10.7. The fourth-order valence-electron chi connectivity index (χ4n) is 6.07. The summed E-state index contributed by atoms with van der Waals surface area (Å²) in [5.41, 5.74) is 13.8. The van der Waals surface area contributed by atoms with Gasteiger partial charge in [-0.2, -0.15) is 0 Å². The van der Waals surface area contributed by atoms with E-state index in [9.17, 15) is 0 Å². The molecule has 9 aromatic rings. The summed E-state index contributed by atoms with van der Waals surface area (Å²) in [6.07, 6.45) is 5.47. The first-order chi connectivity index (χ1) is 26.8. The van der Waals surface area contributed by atoms with Crippen LogP contribution in [0.25, 0.3) is 67.2 Å². The van der Waals surface area contributed by atoms with E-state index in [1.54, 1.807) is 0 Å². The zero-order chi connectivity index (χ0) is 36.6. The maximum absolute atomic E-state index is 4.38. The number of benzene rings is 6. The van der Waals surface area contributed by atoms with Gasteiger partial charge in [0, 0.05) is 55.4 Å². The van der Waals surface area contributed by atoms with Crippen LogP contribution in [0.3, 0.4) is 0 Å². The molecule has 3 nitrogen and oxygen atoms in total. The van der Waals surface area contributed by atoms with Crippen molar-refractivity contribution in [3.63, 3.8) is 0 Å². The summed E-state index contributed by atoms with van der Waals surface area (Å²) < 4.78 is 0. The number of hydrogen-bond acceptors (Lipinski definition) is 3. The van der Waals surface area contributed by atoms with Gasteiger partial charge in [-0.1, -0.05) is 164 Å². The maximum atomic E-state index is 4.38. The van der Waals surface area contributed by atoms with Crippen molar-refractivity contribution in [1.29, 1.82) is 0 Å². The Hall–Kier alpha value is -6.58. The minimum absolute atomic E-state index is 0. The minimum Gasteiger partial charge on any atom is -0.256 e. The van der Waals surface area contributed by atoms with Gasteiger partial charge >= 0.3 is 0 Å². The van der Waals surface area contributed by atoms with Crippen molar-refractivity contribution in [2.75, 3.05) is 0 Å². The first-order valence-corrected chi connectivity index (χ1v) is 18.0. The van der Waals surface area contributed by atoms with E-state index in [0.717, 1.165) is 33.8 Å². The average Bonchev–Trinajstić information content (AvgIpc) is 3.29. The number of pyridine rings is 3. The number of nitrogens with zero attached hydrogens (tertiary/aromatic N) is 3. The molecular formula is C51H39IrN3. The first kappa shape index (κ1) is 38.2. The minimum atomic E-state index is 0. The third-order valence-corrected chi connectivity index (χ3v) is 8.79. The second kappa shape index (κ2) is 20.0. The van der Waals surface area contributed by atoms with Crippen LogP contribution in [0.5, 0.6) is 0 Å². The Balaban J connectivity index is 0.000000139. The molecule has 0 aliphatic heterocycles. The van der Waals surface area contributed by atoms with E-state index in [0.29, 0.717) is 0 Å². The molecule has 0 fully saturated rings. The van der Waals surface area contributed by atoms with Crippen molar-refractivity contribution in [1.82, 2.24) is 15.0 Å². The Kier molecular flexibility index (Phi) is 13.9. The van der Waals surface area contributed by atoms with Crippen LogP contribution in [0.4, 0.5) is 0 Å². The SMILES string of the molecule is [Ir].c1ccc(-c2cccc(-c3ccccn3)c2)cc1.c1ccc(-c2cccc(-c3ccccn3)c2)cc1.c1ccc(-c2cccc(-c3ccccn3)c2)cc1. The molecule has 0 aliphatic carbocycles. The molecule has 0 unspecified atom stereocenters. The Morgan fingerprint density at radius 2 is 0.436 bits per heavy atom. The van der Waals surface area contributed by atoms with Gasteiger partial charge in [0.05, 0.1) is 17.1 Å². The van der Waals surface area contributed by atoms with E-state index >= 15 is 0 Å². The first-order valence-electron chi connectivity index (χ1n) is 18.0. The predicted molar refractivity (Wildman–Crippen MR) is 225 cm³/mol. The molecule has 0 N–H and O–H groups in total. The van der Waals surface area contributed by atoms with Gasteiger partial charge in [-0.25, -0.2) is 0 Å². The van der Waals surface area contributed by atoms with Crippen LogP contribution in [0.1, 0.15) is 0 Å². The topological polar surface area (TPSA) is 38.7 Å². The molecular weight excluding hydrogens is 847 g/mol. The zero-order valence-corrected chi connectivity index (χ0v) is 32.6. The summed E-state index contributed by atoms with van der Waals surface area (Å²) >= 11 is 0. The normalized spacial score (nSPS) is 10.0. The standard InChI is InChI=1S/3C17H13N.Ir/c3*1-2-7-14(8-3-1)15-9-6-10-16(13-15)17-11-4-5-12-18-17;/h3*1-13H;. The maximum Gasteiger partial charge on any atom is 0.0702 e. The number of rotatable bonds is 6. The molecule has 9 rings (SSSR count). The Morgan fingerprint density at radius 3 is 0.691 bits per heavy atom. The van der Waals surface area contributed by atoms with Gasteiger partial charge in [-0.3, -0.25) is 15.0 Å². The molecule has 1 radical (unpaired) electrons. The molecule has 4 heteroatoms. The van der Waals surface area contributed by atoms with Gasteiger partial charge in [-0.15, -0.1) is 0 Å². The fraction of sp³-hybridized carbons (Fsp3) is 0. The van der Waals surface area contributed by atoms with E-state index < -0.39 is 0 Å². The molecule has 0 saturated carbocycles. The van der Waals surface area contributed by atoms with Gasteiger partial charge in [-0.05, 0) is 88.0 Å². The fourth-order valence-corrected chi connectivity index (χ4v) is 6.07. The molecule has 0 atom stereocenters.